The number of rotatable bonds is 8. The third kappa shape index (κ3) is 5.21. The highest BCUT2D eigenvalue weighted by Gasteiger charge is 2.18. The van der Waals surface area contributed by atoms with E-state index in [0.29, 0.717) is 11.4 Å². The number of carbonyl (C=O) groups is 2. The molecule has 0 saturated carbocycles. The highest BCUT2D eigenvalue weighted by molar-refractivity contribution is 7.89. The number of anilines is 1. The standard InChI is InChI=1S/C22H24N4O5S/c1-4-23-32(29,30)19-12-8-9-17(13-19)22(28)31-14-20(27)24-21-15(2)25-26(16(21)3)18-10-6-5-7-11-18/h5-13,23H,4,14H2,1-3H3,(H,24,27). The van der Waals surface area contributed by atoms with Gasteiger partial charge in [-0.15, -0.1) is 0 Å². The number of nitrogens with one attached hydrogen (secondary N) is 2. The summed E-state index contributed by atoms with van der Waals surface area (Å²) in [5.74, 6) is -1.34. The molecule has 9 nitrogen and oxygen atoms in total. The number of sulfonamides is 1. The Morgan fingerprint density at radius 3 is 2.47 bits per heavy atom. The van der Waals surface area contributed by atoms with Gasteiger partial charge in [-0.1, -0.05) is 31.2 Å². The van der Waals surface area contributed by atoms with Gasteiger partial charge in [0.15, 0.2) is 6.61 Å². The Kier molecular flexibility index (Phi) is 7.06. The number of para-hydroxylation sites is 1. The van der Waals surface area contributed by atoms with Crippen LogP contribution in [0.1, 0.15) is 28.7 Å². The lowest BCUT2D eigenvalue weighted by molar-refractivity contribution is -0.119. The van der Waals surface area contributed by atoms with Gasteiger partial charge in [0.2, 0.25) is 10.0 Å². The largest absolute Gasteiger partial charge is 0.452 e. The van der Waals surface area contributed by atoms with Crippen molar-refractivity contribution in [3.8, 4) is 5.69 Å². The summed E-state index contributed by atoms with van der Waals surface area (Å²) in [6.45, 7) is 4.94. The molecule has 1 aromatic heterocycles. The lowest BCUT2D eigenvalue weighted by Crippen LogP contribution is -2.24. The molecule has 0 atom stereocenters. The van der Waals surface area contributed by atoms with Crippen molar-refractivity contribution >= 4 is 27.6 Å². The van der Waals surface area contributed by atoms with E-state index < -0.39 is 28.5 Å². The third-order valence-electron chi connectivity index (χ3n) is 4.61. The number of aryl methyl sites for hydroxylation is 1. The van der Waals surface area contributed by atoms with E-state index in [9.17, 15) is 18.0 Å². The Morgan fingerprint density at radius 2 is 1.78 bits per heavy atom. The van der Waals surface area contributed by atoms with E-state index in [1.807, 2.05) is 37.3 Å². The van der Waals surface area contributed by atoms with Crippen molar-refractivity contribution in [3.63, 3.8) is 0 Å². The number of nitrogens with zero attached hydrogens (tertiary/aromatic N) is 2. The van der Waals surface area contributed by atoms with Crippen LogP contribution in [0, 0.1) is 13.8 Å². The van der Waals surface area contributed by atoms with Crippen molar-refractivity contribution in [2.45, 2.75) is 25.7 Å². The van der Waals surface area contributed by atoms with Crippen LogP contribution in [0.25, 0.3) is 5.69 Å². The molecule has 3 rings (SSSR count). The molecule has 0 spiro atoms. The monoisotopic (exact) mass is 456 g/mol. The van der Waals surface area contributed by atoms with Crippen LogP contribution in [0.4, 0.5) is 5.69 Å². The van der Waals surface area contributed by atoms with Crippen LogP contribution in [0.2, 0.25) is 0 Å². The summed E-state index contributed by atoms with van der Waals surface area (Å²) in [5.41, 5.74) is 2.77. The zero-order valence-electron chi connectivity index (χ0n) is 18.0. The first-order valence-corrected chi connectivity index (χ1v) is 11.4. The molecule has 0 saturated heterocycles. The Morgan fingerprint density at radius 1 is 1.06 bits per heavy atom. The van der Waals surface area contributed by atoms with Gasteiger partial charge >= 0.3 is 5.97 Å². The van der Waals surface area contributed by atoms with Crippen LogP contribution >= 0.6 is 0 Å². The van der Waals surface area contributed by atoms with Crippen molar-refractivity contribution in [3.05, 3.63) is 71.5 Å². The molecule has 168 valence electrons. The van der Waals surface area contributed by atoms with Crippen LogP contribution in [-0.2, 0) is 19.6 Å². The number of carbonyl (C=O) groups excluding carboxylic acids is 2. The van der Waals surface area contributed by atoms with Gasteiger partial charge in [0.05, 0.1) is 33.2 Å². The van der Waals surface area contributed by atoms with E-state index >= 15 is 0 Å². The summed E-state index contributed by atoms with van der Waals surface area (Å²) in [5, 5.41) is 7.18. The molecule has 1 amide bonds. The summed E-state index contributed by atoms with van der Waals surface area (Å²) in [6.07, 6.45) is 0. The predicted octanol–water partition coefficient (Wildman–Crippen LogP) is 2.58. The molecule has 10 heteroatoms. The van der Waals surface area contributed by atoms with Crippen molar-refractivity contribution in [2.75, 3.05) is 18.5 Å². The fourth-order valence-corrected chi connectivity index (χ4v) is 4.18. The highest BCUT2D eigenvalue weighted by atomic mass is 32.2. The molecule has 0 aliphatic heterocycles. The second kappa shape index (κ2) is 9.75. The van der Waals surface area contributed by atoms with E-state index in [1.165, 1.54) is 24.3 Å². The van der Waals surface area contributed by atoms with Gasteiger partial charge in [-0.25, -0.2) is 22.6 Å². The normalized spacial score (nSPS) is 11.2. The molecule has 0 bridgehead atoms. The van der Waals surface area contributed by atoms with Gasteiger partial charge in [-0.05, 0) is 44.2 Å². The minimum atomic E-state index is -3.71. The minimum Gasteiger partial charge on any atom is -0.452 e. The number of hydrogen-bond donors (Lipinski definition) is 2. The summed E-state index contributed by atoms with van der Waals surface area (Å²) in [4.78, 5) is 24.6. The molecule has 2 aromatic carbocycles. The Balaban J connectivity index is 1.66. The summed E-state index contributed by atoms with van der Waals surface area (Å²) in [6, 6.07) is 14.9. The Labute approximate surface area is 186 Å². The molecular weight excluding hydrogens is 432 g/mol. The number of amides is 1. The van der Waals surface area contributed by atoms with Crippen LogP contribution in [0.3, 0.4) is 0 Å². The second-order valence-electron chi connectivity index (χ2n) is 6.95. The molecule has 3 aromatic rings. The zero-order chi connectivity index (χ0) is 23.3. The average molecular weight is 457 g/mol. The molecule has 32 heavy (non-hydrogen) atoms. The maximum Gasteiger partial charge on any atom is 0.338 e. The fourth-order valence-electron chi connectivity index (χ4n) is 3.10. The van der Waals surface area contributed by atoms with E-state index in [1.54, 1.807) is 18.5 Å². The van der Waals surface area contributed by atoms with E-state index in [4.69, 9.17) is 4.74 Å². The second-order valence-corrected chi connectivity index (χ2v) is 8.71. The Hall–Kier alpha value is -3.50. The summed E-state index contributed by atoms with van der Waals surface area (Å²) in [7, 11) is -3.71. The van der Waals surface area contributed by atoms with Crippen LogP contribution in [-0.4, -0.2) is 43.2 Å². The van der Waals surface area contributed by atoms with E-state index in [-0.39, 0.29) is 17.0 Å². The molecular formula is C22H24N4O5S. The lowest BCUT2D eigenvalue weighted by Gasteiger charge is -2.09. The molecule has 1 heterocycles. The number of benzene rings is 2. The number of ether oxygens (including phenoxy) is 1. The molecule has 0 aliphatic carbocycles. The SMILES string of the molecule is CCNS(=O)(=O)c1cccc(C(=O)OCC(=O)Nc2c(C)nn(-c3ccccc3)c2C)c1. The zero-order valence-corrected chi connectivity index (χ0v) is 18.8. The quantitative estimate of drug-likeness (QED) is 0.503. The number of hydrogen-bond acceptors (Lipinski definition) is 6. The van der Waals surface area contributed by atoms with Crippen molar-refractivity contribution in [1.29, 1.82) is 0 Å². The van der Waals surface area contributed by atoms with Crippen LogP contribution < -0.4 is 10.0 Å². The van der Waals surface area contributed by atoms with E-state index in [0.717, 1.165) is 11.4 Å². The summed E-state index contributed by atoms with van der Waals surface area (Å²) >= 11 is 0. The maximum atomic E-state index is 12.4. The minimum absolute atomic E-state index is 0.0287. The van der Waals surface area contributed by atoms with Crippen molar-refractivity contribution < 1.29 is 22.7 Å². The topological polar surface area (TPSA) is 119 Å². The van der Waals surface area contributed by atoms with Crippen LogP contribution in [0.15, 0.2) is 59.5 Å². The highest BCUT2D eigenvalue weighted by Crippen LogP contribution is 2.22. The molecule has 0 radical (unpaired) electrons. The molecule has 0 fully saturated rings. The van der Waals surface area contributed by atoms with Gasteiger partial charge in [-0.3, -0.25) is 4.79 Å². The first-order chi connectivity index (χ1) is 15.2. The van der Waals surface area contributed by atoms with Crippen LogP contribution in [0.5, 0.6) is 0 Å². The smallest absolute Gasteiger partial charge is 0.338 e. The fraction of sp³-hybridized carbons (Fsp3) is 0.227. The molecule has 0 unspecified atom stereocenters. The van der Waals surface area contributed by atoms with Gasteiger partial charge < -0.3 is 10.1 Å². The van der Waals surface area contributed by atoms with Crippen molar-refractivity contribution in [2.24, 2.45) is 0 Å². The number of esters is 1. The van der Waals surface area contributed by atoms with Gasteiger partial charge in [0, 0.05) is 6.54 Å². The van der Waals surface area contributed by atoms with Gasteiger partial charge in [0.1, 0.15) is 0 Å². The third-order valence-corrected chi connectivity index (χ3v) is 6.15. The predicted molar refractivity (Wildman–Crippen MR) is 119 cm³/mol. The van der Waals surface area contributed by atoms with Gasteiger partial charge in [-0.2, -0.15) is 5.10 Å². The summed E-state index contributed by atoms with van der Waals surface area (Å²) < 4.78 is 33.4. The average Bonchev–Trinajstić information content (AvgIpc) is 3.06. The number of aromatic nitrogens is 2. The Bertz CT molecular complexity index is 1240. The maximum absolute atomic E-state index is 12.4. The first-order valence-electron chi connectivity index (χ1n) is 9.91. The lowest BCUT2D eigenvalue weighted by atomic mass is 10.2. The first kappa shape index (κ1) is 23.2. The van der Waals surface area contributed by atoms with E-state index in [2.05, 4.69) is 15.1 Å². The van der Waals surface area contributed by atoms with Crippen molar-refractivity contribution in [1.82, 2.24) is 14.5 Å². The van der Waals surface area contributed by atoms with Gasteiger partial charge in [0.25, 0.3) is 5.91 Å². The molecule has 0 aliphatic rings. The molecule has 2 N–H and O–H groups in total.